The summed E-state index contributed by atoms with van der Waals surface area (Å²) >= 11 is 1.83. The van der Waals surface area contributed by atoms with E-state index in [1.165, 1.54) is 53.2 Å². The van der Waals surface area contributed by atoms with Gasteiger partial charge in [-0.1, -0.05) is 103 Å². The molecule has 0 spiro atoms. The molecule has 4 nitrogen and oxygen atoms in total. The lowest BCUT2D eigenvalue weighted by Crippen LogP contribution is -2.01. The average Bonchev–Trinajstić information content (AvgIpc) is 3.81. The summed E-state index contributed by atoms with van der Waals surface area (Å²) in [6.45, 7) is 0. The number of thiophene rings is 1. The Morgan fingerprint density at radius 3 is 2.00 bits per heavy atom. The third kappa shape index (κ3) is 3.62. The molecule has 0 radical (unpaired) electrons. The SMILES string of the molecule is c1ccc(-c2nc(-c3ccc4oc5ccccc5c4c3)nc(-c3c4c(cc5sc6ccccc6c35)-c3cccc5cccc-4c35)n2)cc1. The lowest BCUT2D eigenvalue weighted by atomic mass is 9.93. The summed E-state index contributed by atoms with van der Waals surface area (Å²) in [4.78, 5) is 15.8. The van der Waals surface area contributed by atoms with Crippen molar-refractivity contribution in [3.05, 3.63) is 140 Å². The van der Waals surface area contributed by atoms with Gasteiger partial charge >= 0.3 is 0 Å². The van der Waals surface area contributed by atoms with Gasteiger partial charge in [-0.15, -0.1) is 11.3 Å². The fourth-order valence-electron chi connectivity index (χ4n) is 7.57. The number of hydrogen-bond acceptors (Lipinski definition) is 5. The van der Waals surface area contributed by atoms with Crippen LogP contribution < -0.4 is 0 Å². The summed E-state index contributed by atoms with van der Waals surface area (Å²) in [5.74, 6) is 1.95. The third-order valence-electron chi connectivity index (χ3n) is 9.66. The van der Waals surface area contributed by atoms with Crippen LogP contribution in [0.15, 0.2) is 144 Å². The quantitative estimate of drug-likeness (QED) is 0.195. The smallest absolute Gasteiger partial charge is 0.165 e. The minimum atomic E-state index is 0.630. The van der Waals surface area contributed by atoms with E-state index in [9.17, 15) is 0 Å². The molecule has 0 saturated carbocycles. The summed E-state index contributed by atoms with van der Waals surface area (Å²) in [6, 6.07) is 48.9. The van der Waals surface area contributed by atoms with Gasteiger partial charge in [-0.2, -0.15) is 0 Å². The minimum Gasteiger partial charge on any atom is -0.456 e. The van der Waals surface area contributed by atoms with Crippen molar-refractivity contribution in [1.29, 1.82) is 0 Å². The van der Waals surface area contributed by atoms with Gasteiger partial charge in [-0.3, -0.25) is 0 Å². The molecule has 0 bridgehead atoms. The first-order chi connectivity index (χ1) is 23.8. The van der Waals surface area contributed by atoms with E-state index < -0.39 is 0 Å². The van der Waals surface area contributed by atoms with Crippen molar-refractivity contribution in [1.82, 2.24) is 15.0 Å². The lowest BCUT2D eigenvalue weighted by Gasteiger charge is -2.14. The molecule has 1 aliphatic rings. The summed E-state index contributed by atoms with van der Waals surface area (Å²) < 4.78 is 8.64. The molecule has 0 atom stereocenters. The molecule has 0 saturated heterocycles. The molecule has 0 unspecified atom stereocenters. The van der Waals surface area contributed by atoms with Crippen molar-refractivity contribution in [2.24, 2.45) is 0 Å². The molecule has 10 aromatic rings. The fourth-order valence-corrected chi connectivity index (χ4v) is 8.73. The number of rotatable bonds is 3. The zero-order chi connectivity index (χ0) is 31.3. The minimum absolute atomic E-state index is 0.630. The molecule has 0 aliphatic heterocycles. The lowest BCUT2D eigenvalue weighted by molar-refractivity contribution is 0.669. The zero-order valence-electron chi connectivity index (χ0n) is 25.4. The second-order valence-corrected chi connectivity index (χ2v) is 13.4. The maximum Gasteiger partial charge on any atom is 0.165 e. The van der Waals surface area contributed by atoms with E-state index in [-0.39, 0.29) is 0 Å². The number of nitrogens with zero attached hydrogens (tertiary/aromatic N) is 3. The van der Waals surface area contributed by atoms with Crippen LogP contribution in [0.1, 0.15) is 0 Å². The highest BCUT2D eigenvalue weighted by Crippen LogP contribution is 2.55. The van der Waals surface area contributed by atoms with Crippen molar-refractivity contribution in [2.45, 2.75) is 0 Å². The van der Waals surface area contributed by atoms with Gasteiger partial charge in [0.15, 0.2) is 17.5 Å². The number of hydrogen-bond donors (Lipinski definition) is 0. The van der Waals surface area contributed by atoms with Gasteiger partial charge in [-0.05, 0) is 63.9 Å². The molecule has 222 valence electrons. The maximum absolute atomic E-state index is 6.17. The van der Waals surface area contributed by atoms with E-state index in [0.717, 1.165) is 38.6 Å². The molecule has 11 rings (SSSR count). The topological polar surface area (TPSA) is 51.8 Å². The first-order valence-electron chi connectivity index (χ1n) is 16.0. The number of aromatic nitrogens is 3. The number of para-hydroxylation sites is 1. The number of fused-ring (bicyclic) bond motifs is 9. The van der Waals surface area contributed by atoms with Gasteiger partial charge < -0.3 is 4.42 Å². The Balaban J connectivity index is 1.27. The predicted molar refractivity (Wildman–Crippen MR) is 198 cm³/mol. The van der Waals surface area contributed by atoms with Crippen molar-refractivity contribution in [3.8, 4) is 56.4 Å². The van der Waals surface area contributed by atoms with Crippen LogP contribution in [0.4, 0.5) is 0 Å². The fraction of sp³-hybridized carbons (Fsp3) is 0. The second-order valence-electron chi connectivity index (χ2n) is 12.3. The van der Waals surface area contributed by atoms with E-state index in [4.69, 9.17) is 19.4 Å². The molecule has 5 heteroatoms. The van der Waals surface area contributed by atoms with Gasteiger partial charge in [0, 0.05) is 53.2 Å². The predicted octanol–water partition coefficient (Wildman–Crippen LogP) is 11.9. The van der Waals surface area contributed by atoms with E-state index in [0.29, 0.717) is 17.5 Å². The molecular weight excluding hydrogens is 607 g/mol. The number of benzene rings is 7. The van der Waals surface area contributed by atoms with Crippen LogP contribution in [0.5, 0.6) is 0 Å². The van der Waals surface area contributed by atoms with Crippen molar-refractivity contribution >= 4 is 64.2 Å². The number of furan rings is 1. The monoisotopic (exact) mass is 629 g/mol. The Morgan fingerprint density at radius 2 is 1.12 bits per heavy atom. The summed E-state index contributed by atoms with van der Waals surface area (Å²) in [6.07, 6.45) is 0. The van der Waals surface area contributed by atoms with Crippen LogP contribution in [-0.4, -0.2) is 15.0 Å². The molecule has 0 amide bonds. The van der Waals surface area contributed by atoms with Crippen LogP contribution >= 0.6 is 11.3 Å². The van der Waals surface area contributed by atoms with Crippen molar-refractivity contribution in [3.63, 3.8) is 0 Å². The molecular formula is C43H23N3OS. The van der Waals surface area contributed by atoms with Crippen LogP contribution in [0.3, 0.4) is 0 Å². The van der Waals surface area contributed by atoms with Crippen molar-refractivity contribution < 1.29 is 4.42 Å². The van der Waals surface area contributed by atoms with E-state index >= 15 is 0 Å². The van der Waals surface area contributed by atoms with Crippen LogP contribution in [0.25, 0.3) is 109 Å². The van der Waals surface area contributed by atoms with Crippen molar-refractivity contribution in [2.75, 3.05) is 0 Å². The van der Waals surface area contributed by atoms with E-state index in [1.807, 2.05) is 53.8 Å². The first kappa shape index (κ1) is 26.0. The molecule has 48 heavy (non-hydrogen) atoms. The van der Waals surface area contributed by atoms with Gasteiger partial charge in [0.25, 0.3) is 0 Å². The maximum atomic E-state index is 6.17. The normalized spacial score (nSPS) is 12.2. The first-order valence-corrected chi connectivity index (χ1v) is 16.8. The Kier molecular flexibility index (Phi) is 5.23. The molecule has 1 aliphatic carbocycles. The highest BCUT2D eigenvalue weighted by atomic mass is 32.1. The van der Waals surface area contributed by atoms with Crippen LogP contribution in [-0.2, 0) is 0 Å². The highest BCUT2D eigenvalue weighted by Gasteiger charge is 2.29. The summed E-state index contributed by atoms with van der Waals surface area (Å²) in [5.41, 5.74) is 9.52. The van der Waals surface area contributed by atoms with Crippen LogP contribution in [0.2, 0.25) is 0 Å². The van der Waals surface area contributed by atoms with Gasteiger partial charge in [0.1, 0.15) is 11.2 Å². The van der Waals surface area contributed by atoms with Crippen LogP contribution in [0, 0.1) is 0 Å². The Bertz CT molecular complexity index is 2950. The highest BCUT2D eigenvalue weighted by molar-refractivity contribution is 7.26. The Morgan fingerprint density at radius 1 is 0.417 bits per heavy atom. The second kappa shape index (κ2) is 9.67. The molecule has 3 aromatic heterocycles. The van der Waals surface area contributed by atoms with Gasteiger partial charge in [0.2, 0.25) is 0 Å². The Labute approximate surface area is 278 Å². The molecule has 0 fully saturated rings. The zero-order valence-corrected chi connectivity index (χ0v) is 26.3. The summed E-state index contributed by atoms with van der Waals surface area (Å²) in [7, 11) is 0. The Hall–Kier alpha value is -6.17. The molecule has 7 aromatic carbocycles. The molecule has 3 heterocycles. The van der Waals surface area contributed by atoms with E-state index in [1.54, 1.807) is 0 Å². The standard InChI is InChI=1S/C43H23N3OS/c1-2-10-25(11-3-1)41-44-42(26-20-21-34-31(22-26)27-14-4-6-18-33(27)47-34)46-43(45-41)40-38-30-17-9-13-24-12-8-16-28(37(24)30)32(38)23-36-39(40)29-15-5-7-19-35(29)48-36/h1-23H. The molecule has 0 N–H and O–H groups in total. The largest absolute Gasteiger partial charge is 0.456 e. The average molecular weight is 630 g/mol. The van der Waals surface area contributed by atoms with Gasteiger partial charge in [-0.25, -0.2) is 15.0 Å². The van der Waals surface area contributed by atoms with E-state index in [2.05, 4.69) is 97.1 Å². The van der Waals surface area contributed by atoms with Gasteiger partial charge in [0.05, 0.1) is 0 Å². The summed E-state index contributed by atoms with van der Waals surface area (Å²) in [5, 5.41) is 7.04. The third-order valence-corrected chi connectivity index (χ3v) is 10.8.